The Morgan fingerprint density at radius 1 is 0.880 bits per heavy atom. The minimum absolute atomic E-state index is 0.0303. The summed E-state index contributed by atoms with van der Waals surface area (Å²) >= 11 is 0. The number of carbonyl (C=O) groups is 1. The van der Waals surface area contributed by atoms with Crippen LogP contribution in [-0.4, -0.2) is 25.0 Å². The van der Waals surface area contributed by atoms with E-state index < -0.39 is 13.9 Å². The second kappa shape index (κ2) is 7.14. The van der Waals surface area contributed by atoms with E-state index in [0.717, 1.165) is 10.4 Å². The Labute approximate surface area is 151 Å². The van der Waals surface area contributed by atoms with Crippen molar-refractivity contribution in [2.45, 2.75) is 51.7 Å². The van der Waals surface area contributed by atoms with E-state index >= 15 is 0 Å². The van der Waals surface area contributed by atoms with Crippen LogP contribution < -0.4 is 10.4 Å². The first-order chi connectivity index (χ1) is 11.6. The summed E-state index contributed by atoms with van der Waals surface area (Å²) in [6, 6.07) is 20.0. The fourth-order valence-corrected chi connectivity index (χ4v) is 7.55. The predicted octanol–water partition coefficient (Wildman–Crippen LogP) is 3.25. The first-order valence-corrected chi connectivity index (χ1v) is 10.5. The summed E-state index contributed by atoms with van der Waals surface area (Å²) in [5.41, 5.74) is -1.09. The van der Waals surface area contributed by atoms with E-state index in [-0.39, 0.29) is 17.4 Å². The van der Waals surface area contributed by atoms with Crippen LogP contribution in [-0.2, 0) is 9.22 Å². The highest BCUT2D eigenvalue weighted by Gasteiger charge is 2.53. The minimum atomic E-state index is -2.87. The second-order valence-electron chi connectivity index (χ2n) is 8.13. The van der Waals surface area contributed by atoms with Gasteiger partial charge in [0.15, 0.2) is 0 Å². The molecule has 0 unspecified atom stereocenters. The van der Waals surface area contributed by atoms with Gasteiger partial charge >= 0.3 is 8.32 Å². The van der Waals surface area contributed by atoms with Gasteiger partial charge in [-0.3, -0.25) is 4.79 Å². The van der Waals surface area contributed by atoms with Crippen LogP contribution in [0.4, 0.5) is 0 Å². The van der Waals surface area contributed by atoms with Gasteiger partial charge in [0.25, 0.3) is 5.97 Å². The third-order valence-electron chi connectivity index (χ3n) is 4.26. The first kappa shape index (κ1) is 19.4. The molecule has 2 aromatic carbocycles. The molecule has 3 nitrogen and oxygen atoms in total. The predicted molar refractivity (Wildman–Crippen MR) is 105 cm³/mol. The van der Waals surface area contributed by atoms with Crippen molar-refractivity contribution in [2.75, 3.05) is 0 Å². The molecule has 25 heavy (non-hydrogen) atoms. The number of carbonyl (C=O) groups excluding carboxylic acids is 1. The van der Waals surface area contributed by atoms with Gasteiger partial charge in [-0.15, -0.1) is 0 Å². The van der Waals surface area contributed by atoms with Crippen molar-refractivity contribution in [3.8, 4) is 0 Å². The van der Waals surface area contributed by atoms with E-state index in [1.165, 1.54) is 0 Å². The van der Waals surface area contributed by atoms with Crippen LogP contribution in [0, 0.1) is 0 Å². The lowest BCUT2D eigenvalue weighted by Crippen LogP contribution is -2.67. The summed E-state index contributed by atoms with van der Waals surface area (Å²) < 4.78 is 6.29. The van der Waals surface area contributed by atoms with E-state index in [1.807, 2.05) is 60.7 Å². The Morgan fingerprint density at radius 3 is 1.60 bits per heavy atom. The quantitative estimate of drug-likeness (QED) is 0.837. The average molecular weight is 357 g/mol. The molecule has 134 valence electrons. The maximum atomic E-state index is 12.7. The van der Waals surface area contributed by atoms with Crippen molar-refractivity contribution in [1.29, 1.82) is 0 Å². The summed E-state index contributed by atoms with van der Waals surface area (Å²) in [7, 11) is -2.87. The van der Waals surface area contributed by atoms with Crippen molar-refractivity contribution < 1.29 is 14.3 Å². The van der Waals surface area contributed by atoms with Crippen LogP contribution in [0.5, 0.6) is 0 Å². The maximum Gasteiger partial charge on any atom is 0.323 e. The van der Waals surface area contributed by atoms with Gasteiger partial charge in [-0.2, -0.15) is 0 Å². The monoisotopic (exact) mass is 356 g/mol. The summed E-state index contributed by atoms with van der Waals surface area (Å²) in [6.07, 6.45) is -0.0303. The molecule has 1 N–H and O–H groups in total. The van der Waals surface area contributed by atoms with E-state index in [4.69, 9.17) is 4.43 Å². The molecule has 0 heterocycles. The van der Waals surface area contributed by atoms with Crippen molar-refractivity contribution in [2.24, 2.45) is 0 Å². The Hall–Kier alpha value is -1.91. The highest BCUT2D eigenvalue weighted by Crippen LogP contribution is 2.37. The van der Waals surface area contributed by atoms with Gasteiger partial charge in [0.1, 0.15) is 0 Å². The van der Waals surface area contributed by atoms with Crippen molar-refractivity contribution in [3.05, 3.63) is 60.7 Å². The number of hydrogen-bond donors (Lipinski definition) is 1. The van der Waals surface area contributed by atoms with Gasteiger partial charge in [0.2, 0.25) is 0 Å². The third kappa shape index (κ3) is 4.38. The molecule has 4 heteroatoms. The van der Waals surface area contributed by atoms with Gasteiger partial charge in [0.05, 0.1) is 12.0 Å². The van der Waals surface area contributed by atoms with E-state index in [1.54, 1.807) is 13.8 Å². The summed E-state index contributed by atoms with van der Waals surface area (Å²) in [5, 5.41) is 11.9. The molecule has 0 saturated heterocycles. The molecule has 0 spiro atoms. The van der Waals surface area contributed by atoms with E-state index in [9.17, 15) is 9.90 Å². The number of hydrogen-bond acceptors (Lipinski definition) is 3. The number of benzene rings is 2. The zero-order chi connectivity index (χ0) is 18.7. The third-order valence-corrected chi connectivity index (χ3v) is 9.20. The van der Waals surface area contributed by atoms with Crippen LogP contribution in [0.2, 0.25) is 5.04 Å². The maximum absolute atomic E-state index is 12.7. The van der Waals surface area contributed by atoms with Gasteiger partial charge in [-0.25, -0.2) is 0 Å². The van der Waals surface area contributed by atoms with Crippen LogP contribution in [0.25, 0.3) is 0 Å². The first-order valence-electron chi connectivity index (χ1n) is 8.61. The molecular weight excluding hydrogens is 328 g/mol. The van der Waals surface area contributed by atoms with Crippen LogP contribution in [0.1, 0.15) is 41.0 Å². The highest BCUT2D eigenvalue weighted by molar-refractivity contribution is 7.00. The second-order valence-corrected chi connectivity index (χ2v) is 12.3. The molecule has 2 rings (SSSR count). The molecule has 0 aliphatic rings. The topological polar surface area (TPSA) is 46.5 Å². The molecule has 0 aromatic heterocycles. The SMILES string of the molecule is CC(C)(O)CC(=O)O[Si](c1ccccc1)(c1ccccc1)C(C)(C)C. The molecule has 0 aliphatic carbocycles. The van der Waals surface area contributed by atoms with E-state index in [0.29, 0.717) is 0 Å². The smallest absolute Gasteiger partial charge is 0.323 e. The summed E-state index contributed by atoms with van der Waals surface area (Å²) in [5.74, 6) is -0.359. The fraction of sp³-hybridized carbons (Fsp3) is 0.381. The van der Waals surface area contributed by atoms with Crippen molar-refractivity contribution in [1.82, 2.24) is 0 Å². The molecular formula is C21H28O3Si. The lowest BCUT2D eigenvalue weighted by atomic mass is 10.1. The zero-order valence-electron chi connectivity index (χ0n) is 15.7. The zero-order valence-corrected chi connectivity index (χ0v) is 16.7. The van der Waals surface area contributed by atoms with E-state index in [2.05, 4.69) is 20.8 Å². The molecule has 2 aromatic rings. The fourth-order valence-electron chi connectivity index (χ4n) is 3.21. The molecule has 0 radical (unpaired) electrons. The average Bonchev–Trinajstić information content (AvgIpc) is 2.51. The summed E-state index contributed by atoms with van der Waals surface area (Å²) in [4.78, 5) is 12.7. The Morgan fingerprint density at radius 2 is 1.28 bits per heavy atom. The largest absolute Gasteiger partial charge is 0.509 e. The molecule has 0 fully saturated rings. The van der Waals surface area contributed by atoms with Crippen molar-refractivity contribution in [3.63, 3.8) is 0 Å². The van der Waals surface area contributed by atoms with Gasteiger partial charge in [-0.05, 0) is 29.3 Å². The summed E-state index contributed by atoms with van der Waals surface area (Å²) in [6.45, 7) is 9.61. The highest BCUT2D eigenvalue weighted by atomic mass is 28.4. The van der Waals surface area contributed by atoms with Gasteiger partial charge < -0.3 is 9.53 Å². The van der Waals surface area contributed by atoms with Crippen LogP contribution in [0.15, 0.2) is 60.7 Å². The normalized spacial score (nSPS) is 12.7. The number of aliphatic hydroxyl groups is 1. The molecule has 0 bridgehead atoms. The lowest BCUT2D eigenvalue weighted by Gasteiger charge is -2.42. The van der Waals surface area contributed by atoms with Gasteiger partial charge in [-0.1, -0.05) is 81.4 Å². The molecule has 0 atom stereocenters. The van der Waals surface area contributed by atoms with Crippen molar-refractivity contribution >= 4 is 24.7 Å². The number of rotatable bonds is 5. The van der Waals surface area contributed by atoms with Crippen LogP contribution >= 0.6 is 0 Å². The van der Waals surface area contributed by atoms with Crippen LogP contribution in [0.3, 0.4) is 0 Å². The molecule has 0 amide bonds. The lowest BCUT2D eigenvalue weighted by molar-refractivity contribution is -0.139. The minimum Gasteiger partial charge on any atom is -0.509 e. The Kier molecular flexibility index (Phi) is 5.54. The Balaban J connectivity index is 2.63. The standard InChI is InChI=1S/C21H28O3Si/c1-20(2,3)25(17-12-8-6-9-13-17,18-14-10-7-11-15-18)24-19(22)16-21(4,5)23/h6-15,23H,16H2,1-5H3. The van der Waals surface area contributed by atoms with Gasteiger partial charge in [0, 0.05) is 0 Å². The molecule has 0 aliphatic heterocycles. The Bertz CT molecular complexity index is 658. The molecule has 0 saturated carbocycles.